The molecule has 1 N–H and O–H groups in total. The molecule has 0 amide bonds. The van der Waals surface area contributed by atoms with Gasteiger partial charge in [-0.2, -0.15) is 13.2 Å². The van der Waals surface area contributed by atoms with Crippen LogP contribution in [0, 0.1) is 0 Å². The molecule has 102 valence electrons. The molecule has 0 aliphatic carbocycles. The van der Waals surface area contributed by atoms with Crippen molar-refractivity contribution in [2.45, 2.75) is 31.7 Å². The topological polar surface area (TPSA) is 12.0 Å². The van der Waals surface area contributed by atoms with E-state index in [9.17, 15) is 13.2 Å². The van der Waals surface area contributed by atoms with Gasteiger partial charge < -0.3 is 5.32 Å². The highest BCUT2D eigenvalue weighted by molar-refractivity contribution is 8.00. The van der Waals surface area contributed by atoms with E-state index in [4.69, 9.17) is 0 Å². The summed E-state index contributed by atoms with van der Waals surface area (Å²) in [6.45, 7) is 2.47. The second-order valence-corrected chi connectivity index (χ2v) is 5.18. The van der Waals surface area contributed by atoms with Gasteiger partial charge in [0.2, 0.25) is 0 Å². The molecule has 0 heterocycles. The molecule has 0 bridgehead atoms. The second kappa shape index (κ2) is 7.56. The number of hydrogen-bond acceptors (Lipinski definition) is 2. The lowest BCUT2D eigenvalue weighted by Gasteiger charge is -2.08. The van der Waals surface area contributed by atoms with Gasteiger partial charge in [0.1, 0.15) is 0 Å². The highest BCUT2D eigenvalue weighted by Gasteiger charge is 2.27. The Labute approximate surface area is 110 Å². The zero-order valence-electron chi connectivity index (χ0n) is 10.4. The van der Waals surface area contributed by atoms with Crippen LogP contribution in [0.25, 0.3) is 0 Å². The van der Waals surface area contributed by atoms with Gasteiger partial charge >= 0.3 is 5.51 Å². The van der Waals surface area contributed by atoms with Crippen LogP contribution in [-0.4, -0.2) is 17.8 Å². The lowest BCUT2D eigenvalue weighted by molar-refractivity contribution is -0.0327. The van der Waals surface area contributed by atoms with Crippen LogP contribution < -0.4 is 5.32 Å². The van der Waals surface area contributed by atoms with Crippen molar-refractivity contribution < 1.29 is 13.2 Å². The highest BCUT2D eigenvalue weighted by atomic mass is 32.2. The van der Waals surface area contributed by atoms with Crippen molar-refractivity contribution >= 4 is 17.4 Å². The Kier molecular flexibility index (Phi) is 6.39. The van der Waals surface area contributed by atoms with Gasteiger partial charge in [0.25, 0.3) is 0 Å². The Bertz CT molecular complexity index is 335. The first-order valence-electron chi connectivity index (χ1n) is 6.05. The number of thioether (sulfide) groups is 1. The fourth-order valence-corrected chi connectivity index (χ4v) is 1.97. The molecule has 0 unspecified atom stereocenters. The monoisotopic (exact) mass is 277 g/mol. The molecule has 0 aliphatic heterocycles. The quantitative estimate of drug-likeness (QED) is 0.725. The fraction of sp³-hybridized carbons (Fsp3) is 0.538. The maximum Gasteiger partial charge on any atom is 0.441 e. The van der Waals surface area contributed by atoms with Gasteiger partial charge in [0.15, 0.2) is 0 Å². The summed E-state index contributed by atoms with van der Waals surface area (Å²) in [5.74, 6) is 0.0289. The zero-order valence-corrected chi connectivity index (χ0v) is 11.2. The molecule has 1 aromatic carbocycles. The maximum atomic E-state index is 11.9. The minimum atomic E-state index is -4.13. The number of halogens is 3. The number of rotatable bonds is 7. The van der Waals surface area contributed by atoms with E-state index in [1.165, 1.54) is 5.56 Å². The smallest absolute Gasteiger partial charge is 0.384 e. The van der Waals surface area contributed by atoms with E-state index in [2.05, 4.69) is 12.2 Å². The van der Waals surface area contributed by atoms with Crippen molar-refractivity contribution in [3.8, 4) is 0 Å². The summed E-state index contributed by atoms with van der Waals surface area (Å²) in [5, 5.41) is 2.98. The van der Waals surface area contributed by atoms with Crippen LogP contribution in [0.4, 0.5) is 18.9 Å². The average molecular weight is 277 g/mol. The normalized spacial score (nSPS) is 11.6. The summed E-state index contributed by atoms with van der Waals surface area (Å²) >= 11 is 0.00457. The number of anilines is 1. The summed E-state index contributed by atoms with van der Waals surface area (Å²) in [6.07, 6.45) is 3.38. The Balaban J connectivity index is 2.26. The Hall–Kier alpha value is -0.840. The van der Waals surface area contributed by atoms with Gasteiger partial charge in [-0.3, -0.25) is 0 Å². The Morgan fingerprint density at radius 1 is 1.17 bits per heavy atom. The third kappa shape index (κ3) is 6.79. The number of aryl methyl sites for hydroxylation is 1. The number of benzene rings is 1. The SMILES string of the molecule is CCCCc1ccc(NCCSC(F)(F)F)cc1. The minimum Gasteiger partial charge on any atom is -0.384 e. The molecule has 0 saturated carbocycles. The van der Waals surface area contributed by atoms with Gasteiger partial charge in [0, 0.05) is 18.0 Å². The van der Waals surface area contributed by atoms with Crippen LogP contribution in [0.1, 0.15) is 25.3 Å². The van der Waals surface area contributed by atoms with Gasteiger partial charge in [-0.15, -0.1) is 0 Å². The number of nitrogens with one attached hydrogen (secondary N) is 1. The molecular formula is C13H18F3NS. The molecule has 0 aliphatic rings. The molecule has 0 spiro atoms. The number of hydrogen-bond donors (Lipinski definition) is 1. The van der Waals surface area contributed by atoms with Crippen LogP contribution >= 0.6 is 11.8 Å². The summed E-state index contributed by atoms with van der Waals surface area (Å²) in [4.78, 5) is 0. The third-order valence-corrected chi connectivity index (χ3v) is 3.21. The van der Waals surface area contributed by atoms with E-state index in [-0.39, 0.29) is 17.5 Å². The molecule has 18 heavy (non-hydrogen) atoms. The summed E-state index contributed by atoms with van der Waals surface area (Å²) in [5.41, 5.74) is -1.99. The van der Waals surface area contributed by atoms with Crippen molar-refractivity contribution in [1.82, 2.24) is 0 Å². The molecule has 0 aromatic heterocycles. The highest BCUT2D eigenvalue weighted by Crippen LogP contribution is 2.29. The largest absolute Gasteiger partial charge is 0.441 e. The number of unbranched alkanes of at least 4 members (excludes halogenated alkanes) is 1. The van der Waals surface area contributed by atoms with E-state index in [0.29, 0.717) is 6.54 Å². The molecule has 1 aromatic rings. The predicted molar refractivity (Wildman–Crippen MR) is 72.1 cm³/mol. The van der Waals surface area contributed by atoms with E-state index < -0.39 is 5.51 Å². The first-order valence-corrected chi connectivity index (χ1v) is 7.03. The van der Waals surface area contributed by atoms with Crippen LogP contribution in [-0.2, 0) is 6.42 Å². The Morgan fingerprint density at radius 2 is 1.83 bits per heavy atom. The van der Waals surface area contributed by atoms with Crippen LogP contribution in [0.5, 0.6) is 0 Å². The summed E-state index contributed by atoms with van der Waals surface area (Å²) < 4.78 is 35.7. The van der Waals surface area contributed by atoms with Crippen LogP contribution in [0.3, 0.4) is 0 Å². The lowest BCUT2D eigenvalue weighted by Crippen LogP contribution is -2.09. The van der Waals surface area contributed by atoms with E-state index >= 15 is 0 Å². The first-order chi connectivity index (χ1) is 8.51. The van der Waals surface area contributed by atoms with Crippen molar-refractivity contribution in [3.05, 3.63) is 29.8 Å². The van der Waals surface area contributed by atoms with Crippen molar-refractivity contribution in [2.24, 2.45) is 0 Å². The van der Waals surface area contributed by atoms with Crippen molar-refractivity contribution in [3.63, 3.8) is 0 Å². The minimum absolute atomic E-state index is 0.00457. The van der Waals surface area contributed by atoms with E-state index in [1.54, 1.807) is 0 Å². The molecule has 1 rings (SSSR count). The van der Waals surface area contributed by atoms with Gasteiger partial charge in [-0.25, -0.2) is 0 Å². The predicted octanol–water partition coefficient (Wildman–Crippen LogP) is 4.69. The fourth-order valence-electron chi connectivity index (χ4n) is 1.53. The summed E-state index contributed by atoms with van der Waals surface area (Å²) in [6, 6.07) is 7.89. The van der Waals surface area contributed by atoms with Crippen LogP contribution in [0.2, 0.25) is 0 Å². The van der Waals surface area contributed by atoms with E-state index in [0.717, 1.165) is 24.9 Å². The zero-order chi connectivity index (χ0) is 13.4. The lowest BCUT2D eigenvalue weighted by atomic mass is 10.1. The molecular weight excluding hydrogens is 259 g/mol. The molecule has 0 atom stereocenters. The maximum absolute atomic E-state index is 11.9. The summed E-state index contributed by atoms with van der Waals surface area (Å²) in [7, 11) is 0. The molecule has 5 heteroatoms. The third-order valence-electron chi connectivity index (χ3n) is 2.47. The standard InChI is InChI=1S/C13H18F3NS/c1-2-3-4-11-5-7-12(8-6-11)17-9-10-18-13(14,15)16/h5-8,17H,2-4,9-10H2,1H3. The average Bonchev–Trinajstić information content (AvgIpc) is 2.32. The molecule has 0 fully saturated rings. The van der Waals surface area contributed by atoms with Crippen molar-refractivity contribution in [2.75, 3.05) is 17.6 Å². The van der Waals surface area contributed by atoms with Gasteiger partial charge in [-0.05, 0) is 42.3 Å². The Morgan fingerprint density at radius 3 is 2.39 bits per heavy atom. The first kappa shape index (κ1) is 15.2. The van der Waals surface area contributed by atoms with Gasteiger partial charge in [0.05, 0.1) is 0 Å². The number of alkyl halides is 3. The van der Waals surface area contributed by atoms with Gasteiger partial charge in [-0.1, -0.05) is 25.5 Å². The molecule has 1 nitrogen and oxygen atoms in total. The van der Waals surface area contributed by atoms with Crippen LogP contribution in [0.15, 0.2) is 24.3 Å². The molecule has 0 saturated heterocycles. The van der Waals surface area contributed by atoms with E-state index in [1.807, 2.05) is 24.3 Å². The molecule has 0 radical (unpaired) electrons. The second-order valence-electron chi connectivity index (χ2n) is 4.02. The van der Waals surface area contributed by atoms with Crippen molar-refractivity contribution in [1.29, 1.82) is 0 Å².